The van der Waals surface area contributed by atoms with Gasteiger partial charge in [-0.25, -0.2) is 4.39 Å². The van der Waals surface area contributed by atoms with Crippen LogP contribution < -0.4 is 4.74 Å². The van der Waals surface area contributed by atoms with Crippen molar-refractivity contribution >= 4 is 6.29 Å². The number of ether oxygens (including phenoxy) is 1. The standard InChI is InChI=1S/C16H15FO2/c1-2-9-19-16-6-4-3-5-13(16)14-10-12(11-18)7-8-15(14)17/h3-8,10-11H,2,9H2,1H3. The Balaban J connectivity index is 2.48. The molecule has 0 aliphatic rings. The van der Waals surface area contributed by atoms with Gasteiger partial charge in [0.2, 0.25) is 0 Å². The molecule has 2 rings (SSSR count). The van der Waals surface area contributed by atoms with Crippen LogP contribution in [-0.2, 0) is 0 Å². The van der Waals surface area contributed by atoms with E-state index in [4.69, 9.17) is 4.74 Å². The lowest BCUT2D eigenvalue weighted by Gasteiger charge is -2.11. The Morgan fingerprint density at radius 1 is 1.16 bits per heavy atom. The molecule has 0 aliphatic carbocycles. The first kappa shape index (κ1) is 13.3. The zero-order chi connectivity index (χ0) is 13.7. The molecule has 0 radical (unpaired) electrons. The Morgan fingerprint density at radius 2 is 1.95 bits per heavy atom. The molecule has 0 fully saturated rings. The topological polar surface area (TPSA) is 26.3 Å². The molecule has 0 unspecified atom stereocenters. The minimum Gasteiger partial charge on any atom is -0.493 e. The number of aldehydes is 1. The van der Waals surface area contributed by atoms with E-state index in [9.17, 15) is 9.18 Å². The molecule has 0 N–H and O–H groups in total. The summed E-state index contributed by atoms with van der Waals surface area (Å²) in [6.45, 7) is 2.59. The smallest absolute Gasteiger partial charge is 0.150 e. The number of carbonyl (C=O) groups is 1. The van der Waals surface area contributed by atoms with Crippen LogP contribution in [0.15, 0.2) is 42.5 Å². The average Bonchev–Trinajstić information content (AvgIpc) is 2.46. The van der Waals surface area contributed by atoms with Crippen molar-refractivity contribution in [3.8, 4) is 16.9 Å². The molecule has 0 spiro atoms. The Kier molecular flexibility index (Phi) is 4.29. The van der Waals surface area contributed by atoms with Gasteiger partial charge in [-0.15, -0.1) is 0 Å². The minimum absolute atomic E-state index is 0.363. The van der Waals surface area contributed by atoms with Gasteiger partial charge in [-0.1, -0.05) is 25.1 Å². The number of hydrogen-bond acceptors (Lipinski definition) is 2. The van der Waals surface area contributed by atoms with Crippen LogP contribution in [0.1, 0.15) is 23.7 Å². The van der Waals surface area contributed by atoms with Crippen molar-refractivity contribution in [2.45, 2.75) is 13.3 Å². The van der Waals surface area contributed by atoms with Crippen LogP contribution in [0.25, 0.3) is 11.1 Å². The summed E-state index contributed by atoms with van der Waals surface area (Å²) in [7, 11) is 0. The van der Waals surface area contributed by atoms with Gasteiger partial charge in [-0.05, 0) is 30.7 Å². The minimum atomic E-state index is -0.363. The molecule has 0 heterocycles. The summed E-state index contributed by atoms with van der Waals surface area (Å²) in [4.78, 5) is 10.8. The molecule has 2 aromatic rings. The summed E-state index contributed by atoms with van der Waals surface area (Å²) in [5.41, 5.74) is 1.50. The molecular weight excluding hydrogens is 243 g/mol. The van der Waals surface area contributed by atoms with Gasteiger partial charge in [0, 0.05) is 16.7 Å². The molecule has 0 bridgehead atoms. The Hall–Kier alpha value is -2.16. The van der Waals surface area contributed by atoms with E-state index in [0.717, 1.165) is 6.42 Å². The highest BCUT2D eigenvalue weighted by Crippen LogP contribution is 2.32. The maximum atomic E-state index is 13.9. The summed E-state index contributed by atoms with van der Waals surface area (Å²) in [5.74, 6) is 0.268. The van der Waals surface area contributed by atoms with Gasteiger partial charge in [0.25, 0.3) is 0 Å². The number of rotatable bonds is 5. The van der Waals surface area contributed by atoms with E-state index >= 15 is 0 Å². The van der Waals surface area contributed by atoms with E-state index in [1.54, 1.807) is 12.1 Å². The van der Waals surface area contributed by atoms with Gasteiger partial charge in [0.1, 0.15) is 17.9 Å². The zero-order valence-electron chi connectivity index (χ0n) is 10.7. The van der Waals surface area contributed by atoms with Crippen LogP contribution in [0, 0.1) is 5.82 Å². The normalized spacial score (nSPS) is 10.2. The molecule has 0 atom stereocenters. The van der Waals surface area contributed by atoms with Gasteiger partial charge < -0.3 is 4.74 Å². The summed E-state index contributed by atoms with van der Waals surface area (Å²) in [6.07, 6.45) is 1.59. The molecule has 2 aromatic carbocycles. The zero-order valence-corrected chi connectivity index (χ0v) is 10.7. The molecule has 0 aliphatic heterocycles. The predicted molar refractivity (Wildman–Crippen MR) is 73.0 cm³/mol. The third-order valence-corrected chi connectivity index (χ3v) is 2.77. The van der Waals surface area contributed by atoms with Crippen LogP contribution in [0.3, 0.4) is 0 Å². The van der Waals surface area contributed by atoms with Crippen LogP contribution in [0.4, 0.5) is 4.39 Å². The largest absolute Gasteiger partial charge is 0.493 e. The van der Waals surface area contributed by atoms with Crippen molar-refractivity contribution in [2.75, 3.05) is 6.61 Å². The van der Waals surface area contributed by atoms with Crippen LogP contribution in [0.5, 0.6) is 5.75 Å². The fourth-order valence-corrected chi connectivity index (χ4v) is 1.85. The summed E-state index contributed by atoms with van der Waals surface area (Å²) >= 11 is 0. The number of benzene rings is 2. The number of para-hydroxylation sites is 1. The first-order valence-electron chi connectivity index (χ1n) is 6.23. The molecule has 0 saturated carbocycles. The Morgan fingerprint density at radius 3 is 2.68 bits per heavy atom. The fourth-order valence-electron chi connectivity index (χ4n) is 1.85. The lowest BCUT2D eigenvalue weighted by Crippen LogP contribution is -1.98. The van der Waals surface area contributed by atoms with Gasteiger partial charge >= 0.3 is 0 Å². The molecule has 3 heteroatoms. The molecular formula is C16H15FO2. The maximum absolute atomic E-state index is 13.9. The van der Waals surface area contributed by atoms with E-state index in [1.807, 2.05) is 19.1 Å². The highest BCUT2D eigenvalue weighted by Gasteiger charge is 2.11. The van der Waals surface area contributed by atoms with E-state index < -0.39 is 0 Å². The van der Waals surface area contributed by atoms with Crippen molar-refractivity contribution < 1.29 is 13.9 Å². The molecule has 19 heavy (non-hydrogen) atoms. The second-order valence-electron chi connectivity index (χ2n) is 4.20. The predicted octanol–water partition coefficient (Wildman–Crippen LogP) is 4.09. The Bertz CT molecular complexity index is 579. The third-order valence-electron chi connectivity index (χ3n) is 2.77. The van der Waals surface area contributed by atoms with Crippen molar-refractivity contribution in [1.29, 1.82) is 0 Å². The highest BCUT2D eigenvalue weighted by molar-refractivity contribution is 5.80. The van der Waals surface area contributed by atoms with Crippen molar-refractivity contribution in [3.05, 3.63) is 53.8 Å². The second kappa shape index (κ2) is 6.14. The van der Waals surface area contributed by atoms with Gasteiger partial charge in [0.05, 0.1) is 6.61 Å². The summed E-state index contributed by atoms with van der Waals surface area (Å²) in [6, 6.07) is 11.6. The van der Waals surface area contributed by atoms with Crippen molar-refractivity contribution in [3.63, 3.8) is 0 Å². The van der Waals surface area contributed by atoms with E-state index in [0.29, 0.717) is 35.3 Å². The maximum Gasteiger partial charge on any atom is 0.150 e. The quantitative estimate of drug-likeness (QED) is 0.755. The SMILES string of the molecule is CCCOc1ccccc1-c1cc(C=O)ccc1F. The van der Waals surface area contributed by atoms with Gasteiger partial charge in [-0.3, -0.25) is 4.79 Å². The lowest BCUT2D eigenvalue weighted by atomic mass is 10.0. The monoisotopic (exact) mass is 258 g/mol. The second-order valence-corrected chi connectivity index (χ2v) is 4.20. The van der Waals surface area contributed by atoms with E-state index in [-0.39, 0.29) is 5.82 Å². The molecule has 0 saturated heterocycles. The van der Waals surface area contributed by atoms with Crippen molar-refractivity contribution in [1.82, 2.24) is 0 Å². The number of carbonyl (C=O) groups excluding carboxylic acids is 1. The molecule has 0 amide bonds. The highest BCUT2D eigenvalue weighted by atomic mass is 19.1. The molecule has 0 aromatic heterocycles. The summed E-state index contributed by atoms with van der Waals surface area (Å²) < 4.78 is 19.5. The fraction of sp³-hybridized carbons (Fsp3) is 0.188. The van der Waals surface area contributed by atoms with Gasteiger partial charge in [-0.2, -0.15) is 0 Å². The number of halogens is 1. The summed E-state index contributed by atoms with van der Waals surface area (Å²) in [5, 5.41) is 0. The Labute approximate surface area is 111 Å². The van der Waals surface area contributed by atoms with Gasteiger partial charge in [0.15, 0.2) is 0 Å². The third kappa shape index (κ3) is 2.99. The average molecular weight is 258 g/mol. The van der Waals surface area contributed by atoms with Crippen LogP contribution in [0.2, 0.25) is 0 Å². The molecule has 98 valence electrons. The van der Waals surface area contributed by atoms with Crippen LogP contribution >= 0.6 is 0 Å². The number of hydrogen-bond donors (Lipinski definition) is 0. The first-order chi connectivity index (χ1) is 9.26. The first-order valence-corrected chi connectivity index (χ1v) is 6.23. The van der Waals surface area contributed by atoms with E-state index in [1.165, 1.54) is 18.2 Å². The molecule has 2 nitrogen and oxygen atoms in total. The van der Waals surface area contributed by atoms with Crippen molar-refractivity contribution in [2.24, 2.45) is 0 Å². The van der Waals surface area contributed by atoms with E-state index in [2.05, 4.69) is 0 Å². The van der Waals surface area contributed by atoms with Crippen LogP contribution in [-0.4, -0.2) is 12.9 Å². The lowest BCUT2D eigenvalue weighted by molar-refractivity contribution is 0.112.